The Kier molecular flexibility index (Phi) is 7.27. The molecule has 3 nitrogen and oxygen atoms in total. The fourth-order valence-electron chi connectivity index (χ4n) is 3.70. The molecule has 0 amide bonds. The number of fused-ring (bicyclic) bond motifs is 2. The minimum absolute atomic E-state index is 0.00463. The van der Waals surface area contributed by atoms with Crippen LogP contribution >= 0.6 is 11.6 Å². The van der Waals surface area contributed by atoms with Crippen molar-refractivity contribution in [2.24, 2.45) is 0 Å². The second-order valence-electron chi connectivity index (χ2n) is 7.60. The summed E-state index contributed by atoms with van der Waals surface area (Å²) in [4.78, 5) is 14.6. The number of nitrogens with one attached hydrogen (secondary N) is 2. The Hall–Kier alpha value is -1.73. The summed E-state index contributed by atoms with van der Waals surface area (Å²) in [7, 11) is -0.171. The SMILES string of the molecule is CC[SiH](CC)CC.Cc1cc2c(c(=O)[nH]1)Nc1ccc(Cl)cc1C2(C)C(F)(F)F. The summed E-state index contributed by atoms with van der Waals surface area (Å²) in [5.74, 6) is 0. The van der Waals surface area contributed by atoms with Gasteiger partial charge in [-0.2, -0.15) is 13.2 Å². The summed E-state index contributed by atoms with van der Waals surface area (Å²) >= 11 is 5.88. The molecule has 2 heterocycles. The quantitative estimate of drug-likeness (QED) is 0.528. The van der Waals surface area contributed by atoms with Crippen LogP contribution in [0.25, 0.3) is 0 Å². The van der Waals surface area contributed by atoms with E-state index in [2.05, 4.69) is 31.1 Å². The molecule has 160 valence electrons. The third-order valence-corrected chi connectivity index (χ3v) is 9.48. The molecule has 1 aliphatic heterocycles. The number of benzene rings is 1. The first-order chi connectivity index (χ1) is 13.5. The number of rotatable bonds is 3. The topological polar surface area (TPSA) is 44.9 Å². The van der Waals surface area contributed by atoms with Gasteiger partial charge in [-0.1, -0.05) is 50.5 Å². The van der Waals surface area contributed by atoms with Gasteiger partial charge in [0, 0.05) is 30.8 Å². The van der Waals surface area contributed by atoms with Crippen molar-refractivity contribution in [3.63, 3.8) is 0 Å². The lowest BCUT2D eigenvalue weighted by molar-refractivity contribution is -0.173. The highest BCUT2D eigenvalue weighted by molar-refractivity contribution is 6.58. The Balaban J connectivity index is 0.000000370. The summed E-state index contributed by atoms with van der Waals surface area (Å²) in [6.45, 7) is 9.59. The second-order valence-corrected chi connectivity index (χ2v) is 12.2. The highest BCUT2D eigenvalue weighted by Gasteiger charge is 2.57. The number of hydrogen-bond donors (Lipinski definition) is 2. The fourth-order valence-corrected chi connectivity index (χ4v) is 5.60. The van der Waals surface area contributed by atoms with Crippen LogP contribution in [0, 0.1) is 6.92 Å². The molecule has 1 aromatic heterocycles. The zero-order chi connectivity index (χ0) is 22.0. The molecular formula is C21H28ClF3N2OSi. The van der Waals surface area contributed by atoms with Gasteiger partial charge >= 0.3 is 6.18 Å². The van der Waals surface area contributed by atoms with Gasteiger partial charge in [0.2, 0.25) is 0 Å². The van der Waals surface area contributed by atoms with Gasteiger partial charge in [0.05, 0.1) is 0 Å². The van der Waals surface area contributed by atoms with E-state index in [1.165, 1.54) is 42.4 Å². The van der Waals surface area contributed by atoms with Gasteiger partial charge in [0.15, 0.2) is 0 Å². The molecule has 0 radical (unpaired) electrons. The summed E-state index contributed by atoms with van der Waals surface area (Å²) in [6.07, 6.45) is -4.58. The van der Waals surface area contributed by atoms with Gasteiger partial charge in [-0.3, -0.25) is 4.79 Å². The molecule has 29 heavy (non-hydrogen) atoms. The van der Waals surface area contributed by atoms with E-state index in [0.717, 1.165) is 6.92 Å². The zero-order valence-corrected chi connectivity index (χ0v) is 19.3. The number of aryl methyl sites for hydroxylation is 1. The predicted molar refractivity (Wildman–Crippen MR) is 118 cm³/mol. The highest BCUT2D eigenvalue weighted by Crippen LogP contribution is 2.53. The van der Waals surface area contributed by atoms with Crippen molar-refractivity contribution in [2.45, 2.75) is 64.3 Å². The first kappa shape index (κ1) is 23.5. The van der Waals surface area contributed by atoms with Crippen molar-refractivity contribution in [2.75, 3.05) is 5.32 Å². The largest absolute Gasteiger partial charge is 0.402 e. The lowest BCUT2D eigenvalue weighted by Crippen LogP contribution is -2.44. The van der Waals surface area contributed by atoms with Crippen LogP contribution in [0.2, 0.25) is 23.2 Å². The predicted octanol–water partition coefficient (Wildman–Crippen LogP) is 6.54. The number of hydrogen-bond acceptors (Lipinski definition) is 2. The first-order valence-electron chi connectivity index (χ1n) is 9.87. The number of halogens is 4. The second kappa shape index (κ2) is 8.96. The maximum atomic E-state index is 13.9. The molecule has 1 aromatic carbocycles. The normalized spacial score (nSPS) is 17.7. The molecule has 1 atom stereocenters. The van der Waals surface area contributed by atoms with E-state index in [0.29, 0.717) is 5.69 Å². The van der Waals surface area contributed by atoms with Crippen LogP contribution in [0.5, 0.6) is 0 Å². The smallest absolute Gasteiger partial charge is 0.351 e. The van der Waals surface area contributed by atoms with Gasteiger partial charge in [-0.05, 0) is 43.7 Å². The third kappa shape index (κ3) is 4.56. The number of aromatic nitrogens is 1. The molecular weight excluding hydrogens is 417 g/mol. The summed E-state index contributed by atoms with van der Waals surface area (Å²) < 4.78 is 41.7. The first-order valence-corrected chi connectivity index (χ1v) is 12.7. The Labute approximate surface area is 176 Å². The molecule has 8 heteroatoms. The van der Waals surface area contributed by atoms with Crippen LogP contribution in [0.15, 0.2) is 29.1 Å². The maximum Gasteiger partial charge on any atom is 0.402 e. The monoisotopic (exact) mass is 444 g/mol. The molecule has 0 aliphatic carbocycles. The van der Waals surface area contributed by atoms with Gasteiger partial charge in [-0.25, -0.2) is 0 Å². The van der Waals surface area contributed by atoms with Gasteiger partial charge < -0.3 is 10.3 Å². The molecule has 0 fully saturated rings. The lowest BCUT2D eigenvalue weighted by atomic mass is 9.72. The van der Waals surface area contributed by atoms with E-state index in [1.807, 2.05) is 0 Å². The van der Waals surface area contributed by atoms with E-state index in [9.17, 15) is 18.0 Å². The average molecular weight is 445 g/mol. The molecule has 0 saturated carbocycles. The van der Waals surface area contributed by atoms with Crippen molar-refractivity contribution in [3.8, 4) is 0 Å². The van der Waals surface area contributed by atoms with Crippen molar-refractivity contribution in [3.05, 3.63) is 56.5 Å². The Morgan fingerprint density at radius 2 is 1.66 bits per heavy atom. The number of aromatic amines is 1. The Bertz CT molecular complexity index is 920. The van der Waals surface area contributed by atoms with Gasteiger partial charge in [-0.15, -0.1) is 0 Å². The van der Waals surface area contributed by atoms with Crippen molar-refractivity contribution >= 4 is 31.8 Å². The van der Waals surface area contributed by atoms with E-state index >= 15 is 0 Å². The van der Waals surface area contributed by atoms with Crippen molar-refractivity contribution < 1.29 is 13.2 Å². The summed E-state index contributed by atoms with van der Waals surface area (Å²) in [5, 5.41) is 3.00. The van der Waals surface area contributed by atoms with Crippen molar-refractivity contribution in [1.29, 1.82) is 0 Å². The van der Waals surface area contributed by atoms with Gasteiger partial charge in [0.25, 0.3) is 5.56 Å². The van der Waals surface area contributed by atoms with Gasteiger partial charge in [0.1, 0.15) is 11.1 Å². The summed E-state index contributed by atoms with van der Waals surface area (Å²) in [6, 6.07) is 10.0. The fraction of sp³-hybridized carbons (Fsp3) is 0.476. The summed E-state index contributed by atoms with van der Waals surface area (Å²) in [5.41, 5.74) is -2.47. The molecule has 2 N–H and O–H groups in total. The maximum absolute atomic E-state index is 13.9. The Morgan fingerprint density at radius 3 is 2.14 bits per heavy atom. The number of pyridine rings is 1. The number of alkyl halides is 3. The van der Waals surface area contributed by atoms with E-state index in [-0.39, 0.29) is 36.3 Å². The van der Waals surface area contributed by atoms with Crippen LogP contribution in [-0.4, -0.2) is 20.0 Å². The lowest BCUT2D eigenvalue weighted by Gasteiger charge is -2.39. The van der Waals surface area contributed by atoms with E-state index in [1.54, 1.807) is 6.92 Å². The van der Waals surface area contributed by atoms with Crippen LogP contribution < -0.4 is 10.9 Å². The highest BCUT2D eigenvalue weighted by atomic mass is 35.5. The number of anilines is 2. The average Bonchev–Trinajstić information content (AvgIpc) is 2.64. The molecule has 0 saturated heterocycles. The van der Waals surface area contributed by atoms with Crippen LogP contribution in [0.1, 0.15) is 44.5 Å². The zero-order valence-electron chi connectivity index (χ0n) is 17.4. The standard InChI is InChI=1S/C15H12ClF3N2O.C6H16Si/c1-7-5-10-12(13(22)20-7)21-11-4-3-8(16)6-9(11)14(10,2)15(17,18)19;1-4-7(5-2)6-3/h3-6,21H,1-2H3,(H,20,22);7H,4-6H2,1-3H3. The minimum Gasteiger partial charge on any atom is -0.351 e. The van der Waals surface area contributed by atoms with Crippen LogP contribution in [0.4, 0.5) is 24.5 Å². The number of H-pyrrole nitrogens is 1. The van der Waals surface area contributed by atoms with Crippen molar-refractivity contribution in [1.82, 2.24) is 4.98 Å². The third-order valence-electron chi connectivity index (χ3n) is 5.79. The molecule has 0 bridgehead atoms. The minimum atomic E-state index is -4.58. The molecule has 2 aromatic rings. The molecule has 1 aliphatic rings. The van der Waals surface area contributed by atoms with E-state index < -0.39 is 17.2 Å². The molecule has 3 rings (SSSR count). The van der Waals surface area contributed by atoms with E-state index in [4.69, 9.17) is 11.6 Å². The molecule has 1 unspecified atom stereocenters. The van der Waals surface area contributed by atoms with Crippen LogP contribution in [0.3, 0.4) is 0 Å². The molecule has 0 spiro atoms. The Morgan fingerprint density at radius 1 is 1.07 bits per heavy atom. The van der Waals surface area contributed by atoms with Crippen LogP contribution in [-0.2, 0) is 5.41 Å².